The molecule has 3 rings (SSSR count). The summed E-state index contributed by atoms with van der Waals surface area (Å²) in [6, 6.07) is 5.96. The van der Waals surface area contributed by atoms with Crippen LogP contribution in [0.4, 0.5) is 0 Å². The maximum Gasteiger partial charge on any atom is 0.159 e. The molecule has 1 aliphatic heterocycles. The zero-order chi connectivity index (χ0) is 13.4. The van der Waals surface area contributed by atoms with Crippen molar-refractivity contribution in [3.8, 4) is 0 Å². The van der Waals surface area contributed by atoms with Crippen molar-refractivity contribution in [2.45, 2.75) is 25.7 Å². The van der Waals surface area contributed by atoms with E-state index in [1.807, 2.05) is 18.2 Å². The van der Waals surface area contributed by atoms with Crippen LogP contribution in [-0.4, -0.2) is 35.8 Å². The van der Waals surface area contributed by atoms with E-state index in [4.69, 9.17) is 0 Å². The third-order valence-corrected chi connectivity index (χ3v) is 4.28. The van der Waals surface area contributed by atoms with Crippen molar-refractivity contribution in [3.05, 3.63) is 35.5 Å². The molecule has 3 heteroatoms. The summed E-state index contributed by atoms with van der Waals surface area (Å²) in [5.74, 6) is 0.754. The van der Waals surface area contributed by atoms with Crippen LogP contribution >= 0.6 is 0 Å². The molecule has 1 fully saturated rings. The van der Waals surface area contributed by atoms with Gasteiger partial charge in [-0.15, -0.1) is 0 Å². The predicted octanol–water partition coefficient (Wildman–Crippen LogP) is 3.18. The Kier molecular flexibility index (Phi) is 3.15. The van der Waals surface area contributed by atoms with Crippen molar-refractivity contribution in [2.75, 3.05) is 20.1 Å². The lowest BCUT2D eigenvalue weighted by Crippen LogP contribution is -2.29. The van der Waals surface area contributed by atoms with E-state index in [-0.39, 0.29) is 5.78 Å². The molecule has 0 atom stereocenters. The van der Waals surface area contributed by atoms with E-state index in [0.717, 1.165) is 24.2 Å². The molecule has 2 heterocycles. The second-order valence-corrected chi connectivity index (χ2v) is 5.64. The number of rotatable bonds is 2. The van der Waals surface area contributed by atoms with E-state index in [0.29, 0.717) is 5.92 Å². The van der Waals surface area contributed by atoms with Gasteiger partial charge in [-0.1, -0.05) is 0 Å². The van der Waals surface area contributed by atoms with Crippen molar-refractivity contribution in [3.63, 3.8) is 0 Å². The van der Waals surface area contributed by atoms with Gasteiger partial charge >= 0.3 is 0 Å². The Balaban J connectivity index is 1.99. The first-order valence-electron chi connectivity index (χ1n) is 6.95. The molecule has 19 heavy (non-hydrogen) atoms. The number of carbonyl (C=O) groups is 1. The van der Waals surface area contributed by atoms with Crippen molar-refractivity contribution in [1.82, 2.24) is 9.88 Å². The van der Waals surface area contributed by atoms with Crippen LogP contribution in [-0.2, 0) is 0 Å². The SMILES string of the molecule is CC(=O)c1ccc2[nH]cc(C3CCN(C)CC3)c2c1. The molecule has 0 spiro atoms. The van der Waals surface area contributed by atoms with Crippen LogP contribution in [0.25, 0.3) is 10.9 Å². The van der Waals surface area contributed by atoms with Crippen molar-refractivity contribution >= 4 is 16.7 Å². The standard InChI is InChI=1S/C16H20N2O/c1-11(19)13-3-4-16-14(9-13)15(10-17-16)12-5-7-18(2)8-6-12/h3-4,9-10,12,17H,5-8H2,1-2H3. The third-order valence-electron chi connectivity index (χ3n) is 4.28. The molecule has 2 aromatic rings. The van der Waals surface area contributed by atoms with E-state index >= 15 is 0 Å². The molecule has 0 unspecified atom stereocenters. The molecule has 0 radical (unpaired) electrons. The summed E-state index contributed by atoms with van der Waals surface area (Å²) >= 11 is 0. The fourth-order valence-corrected chi connectivity index (χ4v) is 3.02. The predicted molar refractivity (Wildman–Crippen MR) is 77.8 cm³/mol. The van der Waals surface area contributed by atoms with Crippen LogP contribution in [0.15, 0.2) is 24.4 Å². The monoisotopic (exact) mass is 256 g/mol. The highest BCUT2D eigenvalue weighted by molar-refractivity contribution is 5.98. The van der Waals surface area contributed by atoms with Gasteiger partial charge in [-0.25, -0.2) is 0 Å². The highest BCUT2D eigenvalue weighted by atomic mass is 16.1. The number of Topliss-reactive ketones (excluding diaryl/α,β-unsaturated/α-hetero) is 1. The van der Waals surface area contributed by atoms with Gasteiger partial charge in [0, 0.05) is 22.7 Å². The van der Waals surface area contributed by atoms with Crippen molar-refractivity contribution < 1.29 is 4.79 Å². The summed E-state index contributed by atoms with van der Waals surface area (Å²) in [7, 11) is 2.18. The number of aromatic amines is 1. The molecule has 3 nitrogen and oxygen atoms in total. The Labute approximate surface area is 113 Å². The minimum absolute atomic E-state index is 0.137. The Bertz CT molecular complexity index is 606. The first kappa shape index (κ1) is 12.4. The molecule has 1 saturated heterocycles. The lowest BCUT2D eigenvalue weighted by atomic mass is 9.89. The van der Waals surface area contributed by atoms with Crippen LogP contribution in [0.5, 0.6) is 0 Å². The number of likely N-dealkylation sites (tertiary alicyclic amines) is 1. The molecular weight excluding hydrogens is 236 g/mol. The van der Waals surface area contributed by atoms with Crippen LogP contribution in [0, 0.1) is 0 Å². The van der Waals surface area contributed by atoms with E-state index in [1.54, 1.807) is 6.92 Å². The Morgan fingerprint density at radius 2 is 2.05 bits per heavy atom. The summed E-state index contributed by atoms with van der Waals surface area (Å²) in [6.45, 7) is 3.94. The van der Waals surface area contributed by atoms with Gasteiger partial charge < -0.3 is 9.88 Å². The summed E-state index contributed by atoms with van der Waals surface area (Å²) in [5, 5.41) is 1.22. The molecular formula is C16H20N2O. The number of piperidine rings is 1. The minimum atomic E-state index is 0.137. The highest BCUT2D eigenvalue weighted by Crippen LogP contribution is 2.33. The topological polar surface area (TPSA) is 36.1 Å². The number of nitrogens with one attached hydrogen (secondary N) is 1. The number of carbonyl (C=O) groups excluding carboxylic acids is 1. The molecule has 0 bridgehead atoms. The molecule has 0 aliphatic carbocycles. The normalized spacial score (nSPS) is 18.0. The fraction of sp³-hybridized carbons (Fsp3) is 0.438. The van der Waals surface area contributed by atoms with Gasteiger partial charge in [0.1, 0.15) is 0 Å². The van der Waals surface area contributed by atoms with Gasteiger partial charge in [-0.2, -0.15) is 0 Å². The third kappa shape index (κ3) is 2.30. The fourth-order valence-electron chi connectivity index (χ4n) is 3.02. The molecule has 0 saturated carbocycles. The van der Waals surface area contributed by atoms with Crippen LogP contribution < -0.4 is 0 Å². The zero-order valence-corrected chi connectivity index (χ0v) is 11.6. The number of hydrogen-bond acceptors (Lipinski definition) is 2. The summed E-state index contributed by atoms with van der Waals surface area (Å²) in [5.41, 5.74) is 3.33. The van der Waals surface area contributed by atoms with Crippen molar-refractivity contribution in [1.29, 1.82) is 0 Å². The highest BCUT2D eigenvalue weighted by Gasteiger charge is 2.21. The van der Waals surface area contributed by atoms with E-state index in [2.05, 4.69) is 23.1 Å². The molecule has 1 N–H and O–H groups in total. The smallest absolute Gasteiger partial charge is 0.159 e. The molecule has 100 valence electrons. The average Bonchev–Trinajstić information content (AvgIpc) is 2.82. The lowest BCUT2D eigenvalue weighted by Gasteiger charge is -2.28. The first-order chi connectivity index (χ1) is 9.15. The average molecular weight is 256 g/mol. The number of H-pyrrole nitrogens is 1. The van der Waals surface area contributed by atoms with Gasteiger partial charge in [0.25, 0.3) is 0 Å². The van der Waals surface area contributed by atoms with Crippen LogP contribution in [0.2, 0.25) is 0 Å². The van der Waals surface area contributed by atoms with Crippen LogP contribution in [0.1, 0.15) is 41.6 Å². The maximum atomic E-state index is 11.5. The Morgan fingerprint density at radius 3 is 2.74 bits per heavy atom. The van der Waals surface area contributed by atoms with Gasteiger partial charge in [0.05, 0.1) is 0 Å². The molecule has 1 aromatic heterocycles. The van der Waals surface area contributed by atoms with E-state index in [9.17, 15) is 4.79 Å². The Hall–Kier alpha value is -1.61. The number of ketones is 1. The number of aromatic nitrogens is 1. The van der Waals surface area contributed by atoms with Gasteiger partial charge in [0.15, 0.2) is 5.78 Å². The largest absolute Gasteiger partial charge is 0.361 e. The zero-order valence-electron chi connectivity index (χ0n) is 11.6. The van der Waals surface area contributed by atoms with Crippen LogP contribution in [0.3, 0.4) is 0 Å². The van der Waals surface area contributed by atoms with Gasteiger partial charge in [-0.05, 0) is 69.6 Å². The van der Waals surface area contributed by atoms with Crippen molar-refractivity contribution in [2.24, 2.45) is 0 Å². The first-order valence-corrected chi connectivity index (χ1v) is 6.95. The summed E-state index contributed by atoms with van der Waals surface area (Å²) in [6.07, 6.45) is 4.53. The van der Waals surface area contributed by atoms with E-state index in [1.165, 1.54) is 23.8 Å². The number of fused-ring (bicyclic) bond motifs is 1. The minimum Gasteiger partial charge on any atom is -0.361 e. The van der Waals surface area contributed by atoms with Gasteiger partial charge in [0.2, 0.25) is 0 Å². The maximum absolute atomic E-state index is 11.5. The van der Waals surface area contributed by atoms with Gasteiger partial charge in [-0.3, -0.25) is 4.79 Å². The lowest BCUT2D eigenvalue weighted by molar-refractivity contribution is 0.101. The van der Waals surface area contributed by atoms with E-state index < -0.39 is 0 Å². The Morgan fingerprint density at radius 1 is 1.32 bits per heavy atom. The number of hydrogen-bond donors (Lipinski definition) is 1. The quantitative estimate of drug-likeness (QED) is 0.838. The molecule has 0 amide bonds. The number of nitrogens with zero attached hydrogens (tertiary/aromatic N) is 1. The summed E-state index contributed by atoms with van der Waals surface area (Å²) in [4.78, 5) is 17.2. The number of benzene rings is 1. The molecule has 1 aliphatic rings. The summed E-state index contributed by atoms with van der Waals surface area (Å²) < 4.78 is 0. The second kappa shape index (κ2) is 4.82. The second-order valence-electron chi connectivity index (χ2n) is 5.64. The molecule has 1 aromatic carbocycles.